The van der Waals surface area contributed by atoms with Gasteiger partial charge in [0.15, 0.2) is 0 Å². The van der Waals surface area contributed by atoms with Crippen LogP contribution in [-0.2, 0) is 4.74 Å². The lowest BCUT2D eigenvalue weighted by Gasteiger charge is -2.13. The maximum absolute atomic E-state index is 12.8. The van der Waals surface area contributed by atoms with Crippen molar-refractivity contribution in [2.45, 2.75) is 6.92 Å². The van der Waals surface area contributed by atoms with Crippen LogP contribution in [0.2, 0.25) is 0 Å². The predicted octanol–water partition coefficient (Wildman–Crippen LogP) is 2.57. The fraction of sp³-hybridized carbons (Fsp3) is 0.200. The number of methoxy groups -OCH3 is 1. The van der Waals surface area contributed by atoms with Gasteiger partial charge in [-0.3, -0.25) is 19.6 Å². The van der Waals surface area contributed by atoms with Gasteiger partial charge in [-0.05, 0) is 36.8 Å². The second-order valence-corrected chi connectivity index (χ2v) is 5.91. The molecule has 0 saturated heterocycles. The van der Waals surface area contributed by atoms with Crippen LogP contribution in [0.25, 0.3) is 11.0 Å². The number of carbonyl (C=O) groups excluding carboxylic acids is 2. The van der Waals surface area contributed by atoms with E-state index in [0.29, 0.717) is 46.6 Å². The molecular formula is C20H20N4O3. The first-order chi connectivity index (χ1) is 13.1. The maximum Gasteiger partial charge on any atom is 0.257 e. The number of nitrogens with zero attached hydrogens (tertiary/aromatic N) is 2. The van der Waals surface area contributed by atoms with E-state index < -0.39 is 0 Å². The summed E-state index contributed by atoms with van der Waals surface area (Å²) in [7, 11) is 1.57. The smallest absolute Gasteiger partial charge is 0.257 e. The van der Waals surface area contributed by atoms with Gasteiger partial charge in [-0.1, -0.05) is 12.1 Å². The quantitative estimate of drug-likeness (QED) is 0.656. The molecule has 0 unspecified atom stereocenters. The van der Waals surface area contributed by atoms with Gasteiger partial charge in [0.1, 0.15) is 5.52 Å². The fourth-order valence-electron chi connectivity index (χ4n) is 2.74. The largest absolute Gasteiger partial charge is 0.383 e. The first-order valence-corrected chi connectivity index (χ1v) is 8.49. The Hall–Kier alpha value is -3.32. The number of fused-ring (bicyclic) bond motifs is 1. The summed E-state index contributed by atoms with van der Waals surface area (Å²) in [5.74, 6) is -0.516. The Labute approximate surface area is 156 Å². The molecule has 138 valence electrons. The monoisotopic (exact) mass is 364 g/mol. The molecule has 1 heterocycles. The number of para-hydroxylation sites is 1. The summed E-state index contributed by atoms with van der Waals surface area (Å²) in [6.45, 7) is 2.65. The van der Waals surface area contributed by atoms with E-state index in [1.165, 1.54) is 0 Å². The zero-order valence-electron chi connectivity index (χ0n) is 15.2. The van der Waals surface area contributed by atoms with Crippen molar-refractivity contribution in [3.8, 4) is 0 Å². The fourth-order valence-corrected chi connectivity index (χ4v) is 2.74. The number of benzene rings is 2. The van der Waals surface area contributed by atoms with E-state index in [0.717, 1.165) is 0 Å². The molecule has 0 aliphatic heterocycles. The van der Waals surface area contributed by atoms with E-state index in [4.69, 9.17) is 4.74 Å². The molecule has 0 spiro atoms. The van der Waals surface area contributed by atoms with Gasteiger partial charge in [0, 0.05) is 37.3 Å². The minimum absolute atomic E-state index is 0.211. The summed E-state index contributed by atoms with van der Waals surface area (Å²) >= 11 is 0. The Bertz CT molecular complexity index is 983. The van der Waals surface area contributed by atoms with E-state index in [9.17, 15) is 9.59 Å². The van der Waals surface area contributed by atoms with Crippen molar-refractivity contribution in [3.05, 3.63) is 65.5 Å². The Morgan fingerprint density at radius 2 is 1.74 bits per heavy atom. The van der Waals surface area contributed by atoms with Crippen LogP contribution in [0.15, 0.2) is 48.8 Å². The molecule has 0 aliphatic rings. The highest BCUT2D eigenvalue weighted by atomic mass is 16.5. The van der Waals surface area contributed by atoms with E-state index in [-0.39, 0.29) is 11.8 Å². The summed E-state index contributed by atoms with van der Waals surface area (Å²) < 4.78 is 4.94. The van der Waals surface area contributed by atoms with Crippen LogP contribution in [0, 0.1) is 6.92 Å². The maximum atomic E-state index is 12.8. The van der Waals surface area contributed by atoms with Crippen LogP contribution < -0.4 is 10.6 Å². The third-order valence-electron chi connectivity index (χ3n) is 4.16. The van der Waals surface area contributed by atoms with E-state index in [1.807, 2.05) is 0 Å². The highest BCUT2D eigenvalue weighted by molar-refractivity contribution is 6.12. The van der Waals surface area contributed by atoms with E-state index in [2.05, 4.69) is 20.6 Å². The normalized spacial score (nSPS) is 10.6. The highest BCUT2D eigenvalue weighted by Gasteiger charge is 2.16. The average molecular weight is 364 g/mol. The standard InChI is InChI=1S/C20H20N4O3/c1-13-14(19(25)23-11-12-27-2)5-3-7-16(13)24-20(26)15-6-4-8-17-18(15)22-10-9-21-17/h3-10H,11-12H2,1-2H3,(H,23,25)(H,24,26). The number of aromatic nitrogens is 2. The molecule has 7 heteroatoms. The first-order valence-electron chi connectivity index (χ1n) is 8.49. The molecule has 3 rings (SSSR count). The summed E-state index contributed by atoms with van der Waals surface area (Å²) in [4.78, 5) is 33.6. The van der Waals surface area contributed by atoms with Gasteiger partial charge in [-0.15, -0.1) is 0 Å². The summed E-state index contributed by atoms with van der Waals surface area (Å²) in [5, 5.41) is 5.65. The second kappa shape index (κ2) is 8.37. The van der Waals surface area contributed by atoms with Crippen molar-refractivity contribution in [1.82, 2.24) is 15.3 Å². The Balaban J connectivity index is 1.84. The number of anilines is 1. The third kappa shape index (κ3) is 4.09. The Morgan fingerprint density at radius 1 is 1.00 bits per heavy atom. The number of amides is 2. The van der Waals surface area contributed by atoms with E-state index >= 15 is 0 Å². The van der Waals surface area contributed by atoms with Gasteiger partial charge in [0.25, 0.3) is 11.8 Å². The highest BCUT2D eigenvalue weighted by Crippen LogP contribution is 2.21. The van der Waals surface area contributed by atoms with Crippen LogP contribution in [0.5, 0.6) is 0 Å². The predicted molar refractivity (Wildman–Crippen MR) is 103 cm³/mol. The molecular weight excluding hydrogens is 344 g/mol. The summed E-state index contributed by atoms with van der Waals surface area (Å²) in [6, 6.07) is 10.5. The van der Waals surface area contributed by atoms with Gasteiger partial charge in [0.2, 0.25) is 0 Å². The molecule has 7 nitrogen and oxygen atoms in total. The SMILES string of the molecule is COCCNC(=O)c1cccc(NC(=O)c2cccc3nccnc23)c1C. The van der Waals surface area contributed by atoms with Crippen molar-refractivity contribution in [2.24, 2.45) is 0 Å². The van der Waals surface area contributed by atoms with Gasteiger partial charge >= 0.3 is 0 Å². The van der Waals surface area contributed by atoms with Gasteiger partial charge in [-0.2, -0.15) is 0 Å². The van der Waals surface area contributed by atoms with Crippen molar-refractivity contribution >= 4 is 28.5 Å². The van der Waals surface area contributed by atoms with Crippen molar-refractivity contribution in [2.75, 3.05) is 25.6 Å². The molecule has 2 N–H and O–H groups in total. The van der Waals surface area contributed by atoms with Crippen molar-refractivity contribution in [3.63, 3.8) is 0 Å². The number of hydrogen-bond acceptors (Lipinski definition) is 5. The number of rotatable bonds is 6. The van der Waals surface area contributed by atoms with E-state index in [1.54, 1.807) is 62.8 Å². The number of ether oxygens (including phenoxy) is 1. The molecule has 2 amide bonds. The third-order valence-corrected chi connectivity index (χ3v) is 4.16. The van der Waals surface area contributed by atoms with Gasteiger partial charge < -0.3 is 15.4 Å². The minimum atomic E-state index is -0.304. The molecule has 0 aliphatic carbocycles. The van der Waals surface area contributed by atoms with Crippen molar-refractivity contribution in [1.29, 1.82) is 0 Å². The van der Waals surface area contributed by atoms with Crippen LogP contribution in [0.1, 0.15) is 26.3 Å². The molecule has 0 atom stereocenters. The second-order valence-electron chi connectivity index (χ2n) is 5.91. The van der Waals surface area contributed by atoms with Crippen LogP contribution in [-0.4, -0.2) is 42.0 Å². The molecule has 1 aromatic heterocycles. The molecule has 3 aromatic rings. The van der Waals surface area contributed by atoms with Crippen molar-refractivity contribution < 1.29 is 14.3 Å². The molecule has 0 saturated carbocycles. The number of nitrogens with one attached hydrogen (secondary N) is 2. The topological polar surface area (TPSA) is 93.2 Å². The number of hydrogen-bond donors (Lipinski definition) is 2. The molecule has 0 fully saturated rings. The molecule has 0 bridgehead atoms. The summed E-state index contributed by atoms with van der Waals surface area (Å²) in [5.41, 5.74) is 3.36. The lowest BCUT2D eigenvalue weighted by Crippen LogP contribution is -2.27. The molecule has 27 heavy (non-hydrogen) atoms. The molecule has 0 radical (unpaired) electrons. The zero-order valence-corrected chi connectivity index (χ0v) is 15.2. The first kappa shape index (κ1) is 18.5. The molecule has 2 aromatic carbocycles. The van der Waals surface area contributed by atoms with Crippen LogP contribution >= 0.6 is 0 Å². The number of carbonyl (C=O) groups is 2. The zero-order chi connectivity index (χ0) is 19.2. The Morgan fingerprint density at radius 3 is 2.56 bits per heavy atom. The van der Waals surface area contributed by atoms with Gasteiger partial charge in [0.05, 0.1) is 17.7 Å². The van der Waals surface area contributed by atoms with Crippen LogP contribution in [0.4, 0.5) is 5.69 Å². The Kier molecular flexibility index (Phi) is 5.73. The van der Waals surface area contributed by atoms with Crippen LogP contribution in [0.3, 0.4) is 0 Å². The average Bonchev–Trinajstić information content (AvgIpc) is 2.69. The lowest BCUT2D eigenvalue weighted by molar-refractivity contribution is 0.0935. The minimum Gasteiger partial charge on any atom is -0.383 e. The lowest BCUT2D eigenvalue weighted by atomic mass is 10.1. The van der Waals surface area contributed by atoms with Gasteiger partial charge in [-0.25, -0.2) is 0 Å². The summed E-state index contributed by atoms with van der Waals surface area (Å²) in [6.07, 6.45) is 3.13.